The topological polar surface area (TPSA) is 84.0 Å². The predicted octanol–water partition coefficient (Wildman–Crippen LogP) is 5.81. The van der Waals surface area contributed by atoms with Crippen LogP contribution in [0.25, 0.3) is 10.2 Å². The van der Waals surface area contributed by atoms with Crippen LogP contribution >= 0.6 is 22.9 Å². The Balaban J connectivity index is 1.75. The maximum absolute atomic E-state index is 11.0. The fraction of sp³-hybridized carbons (Fsp3) is 0.350. The van der Waals surface area contributed by atoms with Crippen LogP contribution in [0, 0.1) is 10.1 Å². The summed E-state index contributed by atoms with van der Waals surface area (Å²) in [5.74, 6) is 0. The number of quaternary nitrogens is 1. The first-order valence-electron chi connectivity index (χ1n) is 9.48. The Bertz CT molecular complexity index is 1080. The summed E-state index contributed by atoms with van der Waals surface area (Å²) in [6.45, 7) is 5.10. The number of benzene rings is 2. The van der Waals surface area contributed by atoms with Gasteiger partial charge in [0.1, 0.15) is 5.52 Å². The molecule has 0 bridgehead atoms. The van der Waals surface area contributed by atoms with Gasteiger partial charge in [0.15, 0.2) is 0 Å². The molecule has 1 heterocycles. The number of anilines is 1. The average molecular weight is 448 g/mol. The number of likely N-dealkylation sites (N-methyl/N-ethyl adjacent to an activating group) is 2. The van der Waals surface area contributed by atoms with Gasteiger partial charge < -0.3 is 9.38 Å². The van der Waals surface area contributed by atoms with Gasteiger partial charge in [-0.1, -0.05) is 22.9 Å². The highest BCUT2D eigenvalue weighted by Crippen LogP contribution is 2.36. The molecule has 0 N–H and O–H groups in total. The van der Waals surface area contributed by atoms with Crippen molar-refractivity contribution >= 4 is 55.3 Å². The Hall–Kier alpha value is -2.62. The largest absolute Gasteiger partial charge is 0.366 e. The Morgan fingerprint density at radius 2 is 1.90 bits per heavy atom. The Morgan fingerprint density at radius 1 is 1.20 bits per heavy atom. The lowest BCUT2D eigenvalue weighted by Crippen LogP contribution is -2.42. The first-order chi connectivity index (χ1) is 14.2. The van der Waals surface area contributed by atoms with Crippen molar-refractivity contribution in [2.24, 2.45) is 10.2 Å². The van der Waals surface area contributed by atoms with E-state index in [1.807, 2.05) is 24.3 Å². The molecule has 0 aliphatic rings. The van der Waals surface area contributed by atoms with E-state index >= 15 is 0 Å². The summed E-state index contributed by atoms with van der Waals surface area (Å²) >= 11 is 7.33. The molecular formula is C20H24ClN6O2S+. The molecule has 0 radical (unpaired) electrons. The van der Waals surface area contributed by atoms with Crippen molar-refractivity contribution in [3.8, 4) is 0 Å². The predicted molar refractivity (Wildman–Crippen MR) is 123 cm³/mol. The maximum atomic E-state index is 11.0. The van der Waals surface area contributed by atoms with Gasteiger partial charge in [-0.05, 0) is 31.2 Å². The van der Waals surface area contributed by atoms with Crippen molar-refractivity contribution in [1.82, 2.24) is 4.98 Å². The highest BCUT2D eigenvalue weighted by Gasteiger charge is 2.15. The number of non-ortho nitro benzene ring substituents is 1. The SMILES string of the molecule is CCN(CC[N+](C)(C)C)c1ccc(N=Nc2nc3c(Cl)cc([N+](=O)[O-])cc3s2)cc1. The summed E-state index contributed by atoms with van der Waals surface area (Å²) in [7, 11) is 6.56. The Kier molecular flexibility index (Phi) is 6.64. The smallest absolute Gasteiger partial charge is 0.272 e. The number of azo groups is 1. The van der Waals surface area contributed by atoms with Crippen LogP contribution in [0.3, 0.4) is 0 Å². The number of hydrogen-bond donors (Lipinski definition) is 0. The van der Waals surface area contributed by atoms with E-state index in [4.69, 9.17) is 11.6 Å². The van der Waals surface area contributed by atoms with E-state index < -0.39 is 4.92 Å². The van der Waals surface area contributed by atoms with E-state index in [0.717, 1.165) is 29.8 Å². The third kappa shape index (κ3) is 5.50. The third-order valence-electron chi connectivity index (χ3n) is 4.52. The zero-order valence-electron chi connectivity index (χ0n) is 17.4. The van der Waals surface area contributed by atoms with E-state index in [-0.39, 0.29) is 10.7 Å². The van der Waals surface area contributed by atoms with E-state index in [2.05, 4.69) is 48.2 Å². The van der Waals surface area contributed by atoms with E-state index in [9.17, 15) is 10.1 Å². The monoisotopic (exact) mass is 447 g/mol. The lowest BCUT2D eigenvalue weighted by molar-refractivity contribution is -0.868. The van der Waals surface area contributed by atoms with Crippen LogP contribution in [-0.4, -0.2) is 55.2 Å². The van der Waals surface area contributed by atoms with Gasteiger partial charge >= 0.3 is 0 Å². The zero-order chi connectivity index (χ0) is 21.9. The van der Waals surface area contributed by atoms with Crippen LogP contribution in [0.15, 0.2) is 46.6 Å². The number of halogens is 1. The second kappa shape index (κ2) is 9.03. The summed E-state index contributed by atoms with van der Waals surface area (Å²) in [5, 5.41) is 20.0. The molecule has 158 valence electrons. The van der Waals surface area contributed by atoms with E-state index in [1.165, 1.54) is 23.5 Å². The molecular weight excluding hydrogens is 424 g/mol. The lowest BCUT2D eigenvalue weighted by atomic mass is 10.2. The number of nitrogens with zero attached hydrogens (tertiary/aromatic N) is 6. The minimum Gasteiger partial charge on any atom is -0.366 e. The van der Waals surface area contributed by atoms with Crippen molar-refractivity contribution in [1.29, 1.82) is 0 Å². The Morgan fingerprint density at radius 3 is 2.50 bits per heavy atom. The van der Waals surface area contributed by atoms with Crippen LogP contribution in [0.4, 0.5) is 22.2 Å². The summed E-state index contributed by atoms with van der Waals surface area (Å²) in [5.41, 5.74) is 2.27. The van der Waals surface area contributed by atoms with Gasteiger partial charge in [0.05, 0.1) is 54.6 Å². The van der Waals surface area contributed by atoms with Crippen molar-refractivity contribution in [2.45, 2.75) is 6.92 Å². The molecule has 3 rings (SSSR count). The second-order valence-electron chi connectivity index (χ2n) is 7.84. The summed E-state index contributed by atoms with van der Waals surface area (Å²) in [6, 6.07) is 10.6. The quantitative estimate of drug-likeness (QED) is 0.189. The standard InChI is InChI=1S/C20H24ClN6O2S/c1-5-25(10-11-27(2,3)4)15-8-6-14(7-9-15)23-24-20-22-19-17(21)12-16(26(28)29)13-18(19)30-20/h6-9,12-13H,5,10-11H2,1-4H3/q+1. The molecule has 2 aromatic carbocycles. The van der Waals surface area contributed by atoms with Crippen molar-refractivity contribution in [3.63, 3.8) is 0 Å². The van der Waals surface area contributed by atoms with Crippen LogP contribution in [0.2, 0.25) is 5.02 Å². The molecule has 0 atom stereocenters. The number of nitro groups is 1. The number of nitro benzene ring substituents is 1. The molecule has 30 heavy (non-hydrogen) atoms. The maximum Gasteiger partial charge on any atom is 0.272 e. The zero-order valence-corrected chi connectivity index (χ0v) is 18.9. The molecule has 0 aliphatic carbocycles. The molecule has 3 aromatic rings. The Labute approximate surface area is 184 Å². The van der Waals surface area contributed by atoms with Crippen molar-refractivity contribution in [3.05, 3.63) is 51.5 Å². The molecule has 0 aliphatic heterocycles. The van der Waals surface area contributed by atoms with Crippen molar-refractivity contribution in [2.75, 3.05) is 45.7 Å². The van der Waals surface area contributed by atoms with Gasteiger partial charge in [0.2, 0.25) is 5.13 Å². The minimum absolute atomic E-state index is 0.0685. The van der Waals surface area contributed by atoms with Gasteiger partial charge in [-0.2, -0.15) is 0 Å². The molecule has 10 heteroatoms. The molecule has 0 fully saturated rings. The normalized spacial score (nSPS) is 12.0. The third-order valence-corrected chi connectivity index (χ3v) is 5.70. The van der Waals surface area contributed by atoms with Gasteiger partial charge in [-0.15, -0.1) is 10.2 Å². The highest BCUT2D eigenvalue weighted by molar-refractivity contribution is 7.22. The van der Waals surface area contributed by atoms with Crippen molar-refractivity contribution < 1.29 is 9.41 Å². The number of rotatable bonds is 8. The fourth-order valence-electron chi connectivity index (χ4n) is 2.83. The summed E-state index contributed by atoms with van der Waals surface area (Å²) in [4.78, 5) is 17.2. The van der Waals surface area contributed by atoms with Crippen LogP contribution in [0.5, 0.6) is 0 Å². The lowest BCUT2D eigenvalue weighted by Gasteiger charge is -2.29. The highest BCUT2D eigenvalue weighted by atomic mass is 35.5. The molecule has 0 unspecified atom stereocenters. The summed E-state index contributed by atoms with van der Waals surface area (Å²) < 4.78 is 1.52. The molecule has 0 saturated carbocycles. The van der Waals surface area contributed by atoms with E-state index in [0.29, 0.717) is 21.0 Å². The fourth-order valence-corrected chi connectivity index (χ4v) is 3.99. The van der Waals surface area contributed by atoms with E-state index in [1.54, 1.807) is 0 Å². The van der Waals surface area contributed by atoms with Gasteiger partial charge in [-0.25, -0.2) is 4.98 Å². The second-order valence-corrected chi connectivity index (χ2v) is 9.25. The number of hydrogen-bond acceptors (Lipinski definition) is 7. The molecule has 0 spiro atoms. The molecule has 1 aromatic heterocycles. The number of thiazole rings is 1. The number of fused-ring (bicyclic) bond motifs is 1. The van der Waals surface area contributed by atoms with Crippen LogP contribution in [0.1, 0.15) is 6.92 Å². The first kappa shape index (κ1) is 22.1. The molecule has 8 nitrogen and oxygen atoms in total. The average Bonchev–Trinajstić information content (AvgIpc) is 3.10. The minimum atomic E-state index is -0.478. The number of aromatic nitrogens is 1. The van der Waals surface area contributed by atoms with Crippen LogP contribution < -0.4 is 4.90 Å². The van der Waals surface area contributed by atoms with Crippen LogP contribution in [-0.2, 0) is 0 Å². The van der Waals surface area contributed by atoms with Gasteiger partial charge in [0.25, 0.3) is 5.69 Å². The summed E-state index contributed by atoms with van der Waals surface area (Å²) in [6.07, 6.45) is 0. The first-order valence-corrected chi connectivity index (χ1v) is 10.7. The molecule has 0 amide bonds. The van der Waals surface area contributed by atoms with Gasteiger partial charge in [-0.3, -0.25) is 10.1 Å². The van der Waals surface area contributed by atoms with Gasteiger partial charge in [0, 0.05) is 24.4 Å². The molecule has 0 saturated heterocycles.